The minimum absolute atomic E-state index is 0. The number of aromatic nitrogens is 2. The van der Waals surface area contributed by atoms with Crippen molar-refractivity contribution in [2.75, 3.05) is 44.1 Å². The molecule has 0 bridgehead atoms. The third kappa shape index (κ3) is 7.48. The molecule has 2 unspecified atom stereocenters. The summed E-state index contributed by atoms with van der Waals surface area (Å²) in [6, 6.07) is 2.30. The Labute approximate surface area is 231 Å². The lowest BCUT2D eigenvalue weighted by Gasteiger charge is -2.19. The van der Waals surface area contributed by atoms with Gasteiger partial charge in [0.05, 0.1) is 30.2 Å². The van der Waals surface area contributed by atoms with Crippen LogP contribution >= 0.6 is 12.4 Å². The van der Waals surface area contributed by atoms with Gasteiger partial charge in [-0.05, 0) is 63.0 Å². The van der Waals surface area contributed by atoms with Crippen molar-refractivity contribution in [3.8, 4) is 11.3 Å². The highest BCUT2D eigenvalue weighted by molar-refractivity contribution is 5.99. The largest absolute Gasteiger partial charge is 0.477 e. The first-order valence-electron chi connectivity index (χ1n) is 13.2. The highest BCUT2D eigenvalue weighted by Crippen LogP contribution is 2.37. The Morgan fingerprint density at radius 1 is 1.18 bits per heavy atom. The van der Waals surface area contributed by atoms with Gasteiger partial charge in [-0.3, -0.25) is 0 Å². The summed E-state index contributed by atoms with van der Waals surface area (Å²) in [4.78, 5) is 14.2. The summed E-state index contributed by atoms with van der Waals surface area (Å²) in [5, 5.41) is 16.5. The molecule has 1 aliphatic carbocycles. The van der Waals surface area contributed by atoms with Gasteiger partial charge in [-0.2, -0.15) is 4.98 Å². The van der Waals surface area contributed by atoms with Crippen LogP contribution in [0.1, 0.15) is 64.0 Å². The predicted octanol–water partition coefficient (Wildman–Crippen LogP) is 5.37. The molecule has 1 saturated carbocycles. The minimum atomic E-state index is 0. The van der Waals surface area contributed by atoms with Crippen LogP contribution in [0.4, 0.5) is 11.8 Å². The first kappa shape index (κ1) is 29.9. The number of allylic oxidation sites excluding steroid dienone is 1. The fourth-order valence-electron chi connectivity index (χ4n) is 4.73. The van der Waals surface area contributed by atoms with Gasteiger partial charge in [0.1, 0.15) is 11.6 Å². The zero-order valence-corrected chi connectivity index (χ0v) is 24.2. The van der Waals surface area contributed by atoms with Crippen molar-refractivity contribution in [1.29, 1.82) is 0 Å². The first-order chi connectivity index (χ1) is 17.7. The number of halogens is 1. The van der Waals surface area contributed by atoms with Crippen molar-refractivity contribution < 1.29 is 19.0 Å². The number of nitrogens with one attached hydrogen (secondary N) is 2. The monoisotopic (exact) mass is 547 g/mol. The Morgan fingerprint density at radius 2 is 1.97 bits per heavy atom. The molecule has 0 aromatic carbocycles. The van der Waals surface area contributed by atoms with Gasteiger partial charge < -0.3 is 29.6 Å². The molecule has 210 valence electrons. The van der Waals surface area contributed by atoms with Gasteiger partial charge >= 0.3 is 0 Å². The molecule has 0 spiro atoms. The molecule has 0 radical (unpaired) electrons. The quantitative estimate of drug-likeness (QED) is 0.340. The number of furan rings is 1. The number of aryl methyl sites for hydroxylation is 1. The number of hydrogen-bond donors (Lipinski definition) is 3. The molecule has 2 aliphatic rings. The number of anilines is 2. The van der Waals surface area contributed by atoms with E-state index in [0.717, 1.165) is 53.4 Å². The molecule has 2 aromatic rings. The summed E-state index contributed by atoms with van der Waals surface area (Å²) in [5.74, 6) is 3.71. The lowest BCUT2D eigenvalue weighted by Crippen LogP contribution is -2.19. The van der Waals surface area contributed by atoms with Crippen molar-refractivity contribution in [3.05, 3.63) is 35.0 Å². The number of ether oxygens (including phenoxy) is 2. The maximum Gasteiger partial charge on any atom is 0.224 e. The van der Waals surface area contributed by atoms with Crippen LogP contribution in [-0.2, 0) is 15.9 Å². The van der Waals surface area contributed by atoms with E-state index in [2.05, 4.69) is 37.5 Å². The van der Waals surface area contributed by atoms with Crippen LogP contribution in [0, 0.1) is 18.3 Å². The first-order valence-corrected chi connectivity index (χ1v) is 13.2. The molecule has 0 saturated heterocycles. The second-order valence-electron chi connectivity index (χ2n) is 11.2. The molecule has 2 atom stereocenters. The second-order valence-corrected chi connectivity index (χ2v) is 11.2. The fraction of sp³-hybridized carbons (Fsp3) is 0.607. The Morgan fingerprint density at radius 3 is 2.66 bits per heavy atom. The van der Waals surface area contributed by atoms with Gasteiger partial charge in [0.25, 0.3) is 0 Å². The molecule has 4 rings (SSSR count). The second kappa shape index (κ2) is 13.0. The van der Waals surface area contributed by atoms with Crippen LogP contribution in [0.5, 0.6) is 0 Å². The average Bonchev–Trinajstić information content (AvgIpc) is 3.44. The van der Waals surface area contributed by atoms with Gasteiger partial charge in [-0.25, -0.2) is 9.98 Å². The predicted molar refractivity (Wildman–Crippen MR) is 153 cm³/mol. The summed E-state index contributed by atoms with van der Waals surface area (Å²) in [6.45, 7) is 12.3. The van der Waals surface area contributed by atoms with Crippen LogP contribution in [0.3, 0.4) is 0 Å². The number of nitrogens with zero attached hydrogens (tertiary/aromatic N) is 3. The zero-order valence-electron chi connectivity index (χ0n) is 23.4. The van der Waals surface area contributed by atoms with E-state index in [1.807, 2.05) is 19.9 Å². The molecule has 9 nitrogen and oxygen atoms in total. The highest BCUT2D eigenvalue weighted by Gasteiger charge is 2.28. The third-order valence-electron chi connectivity index (χ3n) is 6.63. The summed E-state index contributed by atoms with van der Waals surface area (Å²) < 4.78 is 17.5. The van der Waals surface area contributed by atoms with Gasteiger partial charge in [-0.15, -0.1) is 12.4 Å². The molecule has 0 amide bonds. The summed E-state index contributed by atoms with van der Waals surface area (Å²) >= 11 is 0. The lowest BCUT2D eigenvalue weighted by molar-refractivity contribution is 0.126. The zero-order chi connectivity index (χ0) is 26.6. The Bertz CT molecular complexity index is 1150. The molecule has 3 heterocycles. The maximum atomic E-state index is 9.61. The molecular weight excluding hydrogens is 506 g/mol. The molecule has 1 aliphatic heterocycles. The average molecular weight is 548 g/mol. The van der Waals surface area contributed by atoms with Gasteiger partial charge in [0.15, 0.2) is 5.76 Å². The van der Waals surface area contributed by atoms with Crippen LogP contribution < -0.4 is 10.6 Å². The van der Waals surface area contributed by atoms with Crippen molar-refractivity contribution in [2.24, 2.45) is 16.3 Å². The number of rotatable bonds is 10. The van der Waals surface area contributed by atoms with E-state index in [9.17, 15) is 5.11 Å². The number of aliphatic hydroxyl groups is 1. The maximum absolute atomic E-state index is 9.61. The summed E-state index contributed by atoms with van der Waals surface area (Å²) in [7, 11) is 1.67. The molecule has 10 heteroatoms. The summed E-state index contributed by atoms with van der Waals surface area (Å²) in [6.07, 6.45) is 5.58. The molecule has 38 heavy (non-hydrogen) atoms. The molecule has 2 aromatic heterocycles. The Kier molecular flexibility index (Phi) is 10.2. The molecule has 3 N–H and O–H groups in total. The normalized spacial score (nSPS) is 19.1. The summed E-state index contributed by atoms with van der Waals surface area (Å²) in [5.41, 5.74) is 3.56. The lowest BCUT2D eigenvalue weighted by atomic mass is 9.99. The van der Waals surface area contributed by atoms with E-state index >= 15 is 0 Å². The van der Waals surface area contributed by atoms with E-state index in [0.29, 0.717) is 49.7 Å². The van der Waals surface area contributed by atoms with Crippen molar-refractivity contribution >= 4 is 29.9 Å². The van der Waals surface area contributed by atoms with E-state index in [1.165, 1.54) is 0 Å². The number of fused-ring (bicyclic) bond motifs is 1. The molecule has 1 fully saturated rings. The topological polar surface area (TPSA) is 114 Å². The smallest absolute Gasteiger partial charge is 0.224 e. The number of aliphatic imine (C=N–C) groups is 1. The van der Waals surface area contributed by atoms with Gasteiger partial charge in [0.2, 0.25) is 11.8 Å². The third-order valence-corrected chi connectivity index (χ3v) is 6.63. The molecular formula is C28H42ClN5O4. The number of methoxy groups -OCH3 is 1. The Hall–Kier alpha value is -2.62. The van der Waals surface area contributed by atoms with Crippen LogP contribution in [-0.4, -0.2) is 60.3 Å². The van der Waals surface area contributed by atoms with E-state index in [4.69, 9.17) is 28.9 Å². The SMILES string of the molecule is COCCNc1nc(C)c(-c2cc3c(o2)C(C)=NC(OCC(C)(C)C)=CC3)c(NC2CCC(CO)C2)n1.Cl. The fourth-order valence-corrected chi connectivity index (χ4v) is 4.73. The van der Waals surface area contributed by atoms with E-state index < -0.39 is 0 Å². The number of hydrogen-bond acceptors (Lipinski definition) is 9. The van der Waals surface area contributed by atoms with E-state index in [-0.39, 0.29) is 30.5 Å². The minimum Gasteiger partial charge on any atom is -0.477 e. The van der Waals surface area contributed by atoms with Gasteiger partial charge in [-0.1, -0.05) is 20.8 Å². The van der Waals surface area contributed by atoms with Crippen LogP contribution in [0.25, 0.3) is 11.3 Å². The van der Waals surface area contributed by atoms with Gasteiger partial charge in [0, 0.05) is 31.9 Å². The van der Waals surface area contributed by atoms with Crippen LogP contribution in [0.2, 0.25) is 0 Å². The standard InChI is InChI=1S/C28H41N5O4.ClH/c1-17-24(22-14-20-8-10-23(36-16-28(3,4)5)30-18(2)25(20)37-22)26(32-21-9-7-19(13-21)15-34)33-27(31-17)29-11-12-35-6;/h10,14,19,21,34H,7-9,11-13,15-16H2,1-6H3,(H2,29,31,32,33);1H. The van der Waals surface area contributed by atoms with Crippen molar-refractivity contribution in [1.82, 2.24) is 9.97 Å². The van der Waals surface area contributed by atoms with Crippen LogP contribution in [0.15, 0.2) is 27.4 Å². The Balaban J connectivity index is 0.00000400. The number of aliphatic hydroxyl groups excluding tert-OH is 1. The van der Waals surface area contributed by atoms with E-state index in [1.54, 1.807) is 7.11 Å². The highest BCUT2D eigenvalue weighted by atomic mass is 35.5. The van der Waals surface area contributed by atoms with Crippen molar-refractivity contribution in [3.63, 3.8) is 0 Å². The van der Waals surface area contributed by atoms with Crippen molar-refractivity contribution in [2.45, 2.75) is 66.3 Å².